The maximum atomic E-state index is 12.5. The summed E-state index contributed by atoms with van der Waals surface area (Å²) in [5.41, 5.74) is 0.689. The Morgan fingerprint density at radius 1 is 1.00 bits per heavy atom. The van der Waals surface area contributed by atoms with Crippen molar-refractivity contribution in [1.29, 1.82) is 0 Å². The van der Waals surface area contributed by atoms with Gasteiger partial charge in [-0.25, -0.2) is 0 Å². The summed E-state index contributed by atoms with van der Waals surface area (Å²) >= 11 is 0. The smallest absolute Gasteiger partial charge is 0.227 e. The number of benzene rings is 1. The first-order valence-electron chi connectivity index (χ1n) is 8.44. The van der Waals surface area contributed by atoms with Crippen molar-refractivity contribution in [2.75, 3.05) is 32.6 Å². The van der Waals surface area contributed by atoms with Crippen molar-refractivity contribution in [2.45, 2.75) is 25.7 Å². The summed E-state index contributed by atoms with van der Waals surface area (Å²) in [6.45, 7) is 1.36. The molecule has 6 nitrogen and oxygen atoms in total. The van der Waals surface area contributed by atoms with Crippen LogP contribution in [0.3, 0.4) is 0 Å². The van der Waals surface area contributed by atoms with Crippen LogP contribution in [0.4, 0.5) is 5.69 Å². The van der Waals surface area contributed by atoms with Gasteiger partial charge in [-0.3, -0.25) is 9.59 Å². The molecule has 1 aliphatic carbocycles. The van der Waals surface area contributed by atoms with Gasteiger partial charge in [-0.15, -0.1) is 0 Å². The zero-order valence-electron chi connectivity index (χ0n) is 14.2. The number of nitrogens with one attached hydrogen (secondary N) is 1. The van der Waals surface area contributed by atoms with Crippen molar-refractivity contribution in [3.05, 3.63) is 18.2 Å². The van der Waals surface area contributed by atoms with Gasteiger partial charge in [0.15, 0.2) is 11.5 Å². The fraction of sp³-hybridized carbons (Fsp3) is 0.556. The van der Waals surface area contributed by atoms with Crippen molar-refractivity contribution >= 4 is 17.5 Å². The number of likely N-dealkylation sites (tertiary alicyclic amines) is 1. The van der Waals surface area contributed by atoms with E-state index in [1.54, 1.807) is 32.4 Å². The third-order valence-electron chi connectivity index (χ3n) is 4.76. The molecule has 0 aromatic heterocycles. The molecule has 0 unspecified atom stereocenters. The van der Waals surface area contributed by atoms with E-state index in [0.717, 1.165) is 25.7 Å². The standard InChI is InChI=1S/C18H24N2O4/c1-23-15-6-5-14(11-16(15)24-2)19-17(21)12-7-9-20(10-8-12)18(22)13-3-4-13/h5-6,11-13H,3-4,7-10H2,1-2H3,(H,19,21). The molecule has 1 saturated heterocycles. The van der Waals surface area contributed by atoms with Crippen LogP contribution in [0.15, 0.2) is 18.2 Å². The molecule has 1 heterocycles. The van der Waals surface area contributed by atoms with Crippen LogP contribution in [-0.2, 0) is 9.59 Å². The predicted molar refractivity (Wildman–Crippen MR) is 90.2 cm³/mol. The monoisotopic (exact) mass is 332 g/mol. The Hall–Kier alpha value is -2.24. The largest absolute Gasteiger partial charge is 0.493 e. The summed E-state index contributed by atoms with van der Waals surface area (Å²) in [4.78, 5) is 26.4. The van der Waals surface area contributed by atoms with Gasteiger partial charge in [0.1, 0.15) is 0 Å². The first kappa shape index (κ1) is 16.6. The van der Waals surface area contributed by atoms with E-state index in [-0.39, 0.29) is 23.7 Å². The van der Waals surface area contributed by atoms with Gasteiger partial charge >= 0.3 is 0 Å². The normalized spacial score (nSPS) is 18.2. The molecule has 2 amide bonds. The van der Waals surface area contributed by atoms with E-state index in [0.29, 0.717) is 30.3 Å². The molecule has 1 aromatic rings. The van der Waals surface area contributed by atoms with E-state index in [4.69, 9.17) is 9.47 Å². The average Bonchev–Trinajstić information content (AvgIpc) is 3.46. The van der Waals surface area contributed by atoms with Gasteiger partial charge in [-0.2, -0.15) is 0 Å². The van der Waals surface area contributed by atoms with Crippen molar-refractivity contribution in [2.24, 2.45) is 11.8 Å². The number of nitrogens with zero attached hydrogens (tertiary/aromatic N) is 1. The Kier molecular flexibility index (Phi) is 4.92. The minimum absolute atomic E-state index is 0.000686. The Balaban J connectivity index is 1.55. The third-order valence-corrected chi connectivity index (χ3v) is 4.76. The molecule has 0 bridgehead atoms. The molecule has 2 aliphatic rings. The number of ether oxygens (including phenoxy) is 2. The second-order valence-electron chi connectivity index (χ2n) is 6.43. The maximum absolute atomic E-state index is 12.5. The van der Waals surface area contributed by atoms with Crippen LogP contribution in [0, 0.1) is 11.8 Å². The summed E-state index contributed by atoms with van der Waals surface area (Å²) in [7, 11) is 3.14. The highest BCUT2D eigenvalue weighted by Crippen LogP contribution is 2.33. The number of piperidine rings is 1. The van der Waals surface area contributed by atoms with Gasteiger partial charge in [-0.05, 0) is 37.8 Å². The van der Waals surface area contributed by atoms with E-state index in [1.165, 1.54) is 0 Å². The number of hydrogen-bond donors (Lipinski definition) is 1. The Bertz CT molecular complexity index is 619. The van der Waals surface area contributed by atoms with E-state index in [9.17, 15) is 9.59 Å². The Morgan fingerprint density at radius 3 is 2.25 bits per heavy atom. The molecular weight excluding hydrogens is 308 g/mol. The molecule has 1 saturated carbocycles. The molecule has 130 valence electrons. The van der Waals surface area contributed by atoms with Crippen molar-refractivity contribution in [3.63, 3.8) is 0 Å². The number of carbonyl (C=O) groups excluding carboxylic acids is 2. The molecule has 24 heavy (non-hydrogen) atoms. The average molecular weight is 332 g/mol. The lowest BCUT2D eigenvalue weighted by Crippen LogP contribution is -2.42. The molecule has 2 fully saturated rings. The van der Waals surface area contributed by atoms with Crippen molar-refractivity contribution < 1.29 is 19.1 Å². The number of rotatable bonds is 5. The fourth-order valence-electron chi connectivity index (χ4n) is 3.11. The second kappa shape index (κ2) is 7.11. The molecule has 1 aliphatic heterocycles. The lowest BCUT2D eigenvalue weighted by Gasteiger charge is -2.31. The molecule has 1 aromatic carbocycles. The maximum Gasteiger partial charge on any atom is 0.227 e. The first-order chi connectivity index (χ1) is 11.6. The minimum atomic E-state index is -0.0543. The molecule has 6 heteroatoms. The second-order valence-corrected chi connectivity index (χ2v) is 6.43. The molecule has 0 spiro atoms. The molecule has 0 radical (unpaired) electrons. The molecule has 3 rings (SSSR count). The topological polar surface area (TPSA) is 67.9 Å². The summed E-state index contributed by atoms with van der Waals surface area (Å²) in [6, 6.07) is 5.32. The van der Waals surface area contributed by atoms with Crippen molar-refractivity contribution in [3.8, 4) is 11.5 Å². The zero-order valence-corrected chi connectivity index (χ0v) is 14.2. The highest BCUT2D eigenvalue weighted by atomic mass is 16.5. The Labute approximate surface area is 142 Å². The van der Waals surface area contributed by atoms with Gasteiger partial charge in [0.2, 0.25) is 11.8 Å². The van der Waals surface area contributed by atoms with Crippen LogP contribution in [0.1, 0.15) is 25.7 Å². The highest BCUT2D eigenvalue weighted by molar-refractivity contribution is 5.93. The summed E-state index contributed by atoms with van der Waals surface area (Å²) in [6.07, 6.45) is 3.49. The van der Waals surface area contributed by atoms with Crippen LogP contribution in [0.2, 0.25) is 0 Å². The van der Waals surface area contributed by atoms with Gasteiger partial charge in [-0.1, -0.05) is 0 Å². The number of carbonyl (C=O) groups is 2. The van der Waals surface area contributed by atoms with E-state index >= 15 is 0 Å². The van der Waals surface area contributed by atoms with E-state index < -0.39 is 0 Å². The van der Waals surface area contributed by atoms with E-state index in [1.807, 2.05) is 4.90 Å². The van der Waals surface area contributed by atoms with Gasteiger partial charge < -0.3 is 19.7 Å². The number of methoxy groups -OCH3 is 2. The summed E-state index contributed by atoms with van der Waals surface area (Å²) < 4.78 is 10.4. The zero-order chi connectivity index (χ0) is 17.1. The summed E-state index contributed by atoms with van der Waals surface area (Å²) in [5, 5.41) is 2.94. The van der Waals surface area contributed by atoms with Gasteiger partial charge in [0.25, 0.3) is 0 Å². The SMILES string of the molecule is COc1ccc(NC(=O)C2CCN(C(=O)C3CC3)CC2)cc1OC. The van der Waals surface area contributed by atoms with Crippen LogP contribution in [0.25, 0.3) is 0 Å². The predicted octanol–water partition coefficient (Wildman–Crippen LogP) is 2.29. The molecule has 1 N–H and O–H groups in total. The number of hydrogen-bond acceptors (Lipinski definition) is 4. The quantitative estimate of drug-likeness (QED) is 0.898. The van der Waals surface area contributed by atoms with Crippen LogP contribution in [0.5, 0.6) is 11.5 Å². The van der Waals surface area contributed by atoms with Crippen LogP contribution >= 0.6 is 0 Å². The van der Waals surface area contributed by atoms with Gasteiger partial charge in [0.05, 0.1) is 14.2 Å². The summed E-state index contributed by atoms with van der Waals surface area (Å²) in [5.74, 6) is 1.68. The Morgan fingerprint density at radius 2 is 1.67 bits per heavy atom. The fourth-order valence-corrected chi connectivity index (χ4v) is 3.11. The first-order valence-corrected chi connectivity index (χ1v) is 8.44. The third kappa shape index (κ3) is 3.63. The highest BCUT2D eigenvalue weighted by Gasteiger charge is 2.35. The molecule has 0 atom stereocenters. The van der Waals surface area contributed by atoms with Crippen LogP contribution < -0.4 is 14.8 Å². The minimum Gasteiger partial charge on any atom is -0.493 e. The van der Waals surface area contributed by atoms with Gasteiger partial charge in [0, 0.05) is 36.7 Å². The number of amides is 2. The lowest BCUT2D eigenvalue weighted by atomic mass is 9.95. The van der Waals surface area contributed by atoms with Crippen molar-refractivity contribution in [1.82, 2.24) is 4.90 Å². The van der Waals surface area contributed by atoms with Crippen LogP contribution in [-0.4, -0.2) is 44.0 Å². The lowest BCUT2D eigenvalue weighted by molar-refractivity contribution is -0.135. The van der Waals surface area contributed by atoms with E-state index in [2.05, 4.69) is 5.32 Å². The molecular formula is C18H24N2O4. The number of anilines is 1.